The zero-order chi connectivity index (χ0) is 23.1. The van der Waals surface area contributed by atoms with Crippen LogP contribution in [-0.2, 0) is 4.79 Å². The minimum absolute atomic E-state index is 0.148. The zero-order valence-electron chi connectivity index (χ0n) is 17.6. The molecule has 164 valence electrons. The summed E-state index contributed by atoms with van der Waals surface area (Å²) in [5, 5.41) is 8.94. The monoisotopic (exact) mass is 467 g/mol. The standard InChI is InChI=1S/C24H22ClN3O3S/c1-15-6-11-21(16(2)12-15)31-14-22(29)28-24(32)27-20-9-7-19(8-10-20)26-23(30)17-4-3-5-18(25)13-17/h3-13H,14H2,1-2H3,(H,26,30)(H2,27,28,29,32). The lowest BCUT2D eigenvalue weighted by molar-refractivity contribution is -0.121. The maximum absolute atomic E-state index is 12.3. The van der Waals surface area contributed by atoms with Gasteiger partial charge in [-0.2, -0.15) is 0 Å². The molecule has 3 rings (SSSR count). The first-order valence-electron chi connectivity index (χ1n) is 9.78. The number of carbonyl (C=O) groups is 2. The summed E-state index contributed by atoms with van der Waals surface area (Å²) in [6.45, 7) is 3.76. The zero-order valence-corrected chi connectivity index (χ0v) is 19.1. The van der Waals surface area contributed by atoms with Crippen molar-refractivity contribution in [1.82, 2.24) is 5.32 Å². The third-order valence-corrected chi connectivity index (χ3v) is 4.87. The van der Waals surface area contributed by atoms with E-state index < -0.39 is 0 Å². The quantitative estimate of drug-likeness (QED) is 0.439. The van der Waals surface area contributed by atoms with E-state index >= 15 is 0 Å². The van der Waals surface area contributed by atoms with Crippen molar-refractivity contribution in [3.8, 4) is 5.75 Å². The Balaban J connectivity index is 1.47. The molecule has 0 fully saturated rings. The minimum Gasteiger partial charge on any atom is -0.483 e. The fourth-order valence-electron chi connectivity index (χ4n) is 2.90. The van der Waals surface area contributed by atoms with E-state index in [1.165, 1.54) is 0 Å². The van der Waals surface area contributed by atoms with Crippen LogP contribution < -0.4 is 20.7 Å². The number of thiocarbonyl (C=S) groups is 1. The molecule has 3 aromatic carbocycles. The van der Waals surface area contributed by atoms with Crippen molar-refractivity contribution in [3.63, 3.8) is 0 Å². The predicted octanol–water partition coefficient (Wildman–Crippen LogP) is 5.10. The van der Waals surface area contributed by atoms with E-state index in [9.17, 15) is 9.59 Å². The summed E-state index contributed by atoms with van der Waals surface area (Å²) in [6, 6.07) is 19.4. The third kappa shape index (κ3) is 6.80. The van der Waals surface area contributed by atoms with Crippen molar-refractivity contribution in [2.75, 3.05) is 17.2 Å². The molecule has 0 atom stereocenters. The van der Waals surface area contributed by atoms with Gasteiger partial charge in [-0.1, -0.05) is 35.4 Å². The first-order valence-corrected chi connectivity index (χ1v) is 10.6. The fraction of sp³-hybridized carbons (Fsp3) is 0.125. The molecule has 0 aliphatic rings. The van der Waals surface area contributed by atoms with E-state index in [1.807, 2.05) is 32.0 Å². The molecule has 6 nitrogen and oxygen atoms in total. The molecule has 2 amide bonds. The van der Waals surface area contributed by atoms with Crippen LogP contribution in [0, 0.1) is 13.8 Å². The molecule has 0 radical (unpaired) electrons. The average molecular weight is 468 g/mol. The summed E-state index contributed by atoms with van der Waals surface area (Å²) >= 11 is 11.1. The van der Waals surface area contributed by atoms with Gasteiger partial charge in [0.25, 0.3) is 11.8 Å². The first kappa shape index (κ1) is 23.2. The SMILES string of the molecule is Cc1ccc(OCC(=O)NC(=S)Nc2ccc(NC(=O)c3cccc(Cl)c3)cc2)c(C)c1. The van der Waals surface area contributed by atoms with Gasteiger partial charge >= 0.3 is 0 Å². The number of amides is 2. The van der Waals surface area contributed by atoms with Gasteiger partial charge in [0.05, 0.1) is 0 Å². The van der Waals surface area contributed by atoms with E-state index in [4.69, 9.17) is 28.6 Å². The van der Waals surface area contributed by atoms with Crippen LogP contribution in [0.1, 0.15) is 21.5 Å². The van der Waals surface area contributed by atoms with Crippen LogP contribution >= 0.6 is 23.8 Å². The molecule has 0 spiro atoms. The molecule has 32 heavy (non-hydrogen) atoms. The number of hydrogen-bond donors (Lipinski definition) is 3. The van der Waals surface area contributed by atoms with E-state index in [0.29, 0.717) is 27.7 Å². The Hall–Kier alpha value is -3.42. The number of halogens is 1. The topological polar surface area (TPSA) is 79.5 Å². The highest BCUT2D eigenvalue weighted by Gasteiger charge is 2.09. The maximum Gasteiger partial charge on any atom is 0.264 e. The fourth-order valence-corrected chi connectivity index (χ4v) is 3.32. The lowest BCUT2D eigenvalue weighted by Gasteiger charge is -2.12. The van der Waals surface area contributed by atoms with Crippen LogP contribution in [0.5, 0.6) is 5.75 Å². The van der Waals surface area contributed by atoms with Crippen LogP contribution in [-0.4, -0.2) is 23.5 Å². The Morgan fingerprint density at radius 2 is 1.62 bits per heavy atom. The number of benzene rings is 3. The van der Waals surface area contributed by atoms with E-state index in [-0.39, 0.29) is 23.5 Å². The lowest BCUT2D eigenvalue weighted by Crippen LogP contribution is -2.37. The van der Waals surface area contributed by atoms with Gasteiger partial charge < -0.3 is 15.4 Å². The molecule has 0 heterocycles. The van der Waals surface area contributed by atoms with Gasteiger partial charge in [0.1, 0.15) is 5.75 Å². The summed E-state index contributed by atoms with van der Waals surface area (Å²) in [4.78, 5) is 24.4. The van der Waals surface area contributed by atoms with E-state index in [0.717, 1.165) is 11.1 Å². The van der Waals surface area contributed by atoms with Crippen LogP contribution in [0.4, 0.5) is 11.4 Å². The average Bonchev–Trinajstić information content (AvgIpc) is 2.74. The van der Waals surface area contributed by atoms with Crippen molar-refractivity contribution in [2.45, 2.75) is 13.8 Å². The summed E-state index contributed by atoms with van der Waals surface area (Å²) in [7, 11) is 0. The van der Waals surface area contributed by atoms with Crippen LogP contribution in [0.25, 0.3) is 0 Å². The number of anilines is 2. The largest absolute Gasteiger partial charge is 0.483 e. The van der Waals surface area contributed by atoms with Gasteiger partial charge in [0.2, 0.25) is 0 Å². The number of rotatable bonds is 6. The Morgan fingerprint density at radius 3 is 2.28 bits per heavy atom. The Bertz CT molecular complexity index is 1150. The highest BCUT2D eigenvalue weighted by Crippen LogP contribution is 2.19. The molecule has 8 heteroatoms. The number of hydrogen-bond acceptors (Lipinski definition) is 4. The Kier molecular flexibility index (Phi) is 7.81. The number of carbonyl (C=O) groups excluding carboxylic acids is 2. The number of aryl methyl sites for hydroxylation is 2. The molecule has 0 aromatic heterocycles. The first-order chi connectivity index (χ1) is 15.3. The summed E-state index contributed by atoms with van der Waals surface area (Å²) in [6.07, 6.45) is 0. The molecule has 0 aliphatic heterocycles. The number of nitrogens with one attached hydrogen (secondary N) is 3. The van der Waals surface area contributed by atoms with Gasteiger partial charge in [0.15, 0.2) is 11.7 Å². The van der Waals surface area contributed by atoms with Gasteiger partial charge in [-0.3, -0.25) is 14.9 Å². The second-order valence-electron chi connectivity index (χ2n) is 7.10. The minimum atomic E-state index is -0.368. The molecular formula is C24H22ClN3O3S. The molecule has 0 unspecified atom stereocenters. The molecule has 3 aromatic rings. The molecule has 3 N–H and O–H groups in total. The smallest absolute Gasteiger partial charge is 0.264 e. The van der Waals surface area contributed by atoms with Crippen molar-refractivity contribution in [2.24, 2.45) is 0 Å². The van der Waals surface area contributed by atoms with Crippen LogP contribution in [0.2, 0.25) is 5.02 Å². The van der Waals surface area contributed by atoms with E-state index in [2.05, 4.69) is 16.0 Å². The van der Waals surface area contributed by atoms with Crippen molar-refractivity contribution >= 4 is 52.1 Å². The number of ether oxygens (including phenoxy) is 1. The second kappa shape index (κ2) is 10.7. The van der Waals surface area contributed by atoms with Crippen LogP contribution in [0.15, 0.2) is 66.7 Å². The van der Waals surface area contributed by atoms with Crippen LogP contribution in [0.3, 0.4) is 0 Å². The van der Waals surface area contributed by atoms with E-state index in [1.54, 1.807) is 48.5 Å². The molecule has 0 saturated heterocycles. The third-order valence-electron chi connectivity index (χ3n) is 4.43. The molecular weight excluding hydrogens is 446 g/mol. The van der Waals surface area contributed by atoms with Crippen molar-refractivity contribution in [3.05, 3.63) is 88.4 Å². The van der Waals surface area contributed by atoms with Gasteiger partial charge in [0, 0.05) is 22.0 Å². The summed E-state index contributed by atoms with van der Waals surface area (Å²) < 4.78 is 5.55. The maximum atomic E-state index is 12.3. The Morgan fingerprint density at radius 1 is 0.938 bits per heavy atom. The predicted molar refractivity (Wildman–Crippen MR) is 132 cm³/mol. The second-order valence-corrected chi connectivity index (χ2v) is 7.95. The van der Waals surface area contributed by atoms with Crippen molar-refractivity contribution < 1.29 is 14.3 Å². The highest BCUT2D eigenvalue weighted by molar-refractivity contribution is 7.80. The summed E-state index contributed by atoms with van der Waals surface area (Å²) in [5.74, 6) is 0.0210. The molecule has 0 saturated carbocycles. The van der Waals surface area contributed by atoms with Gasteiger partial charge in [-0.25, -0.2) is 0 Å². The Labute approximate surface area is 196 Å². The summed E-state index contributed by atoms with van der Waals surface area (Å²) in [5.41, 5.74) is 3.82. The van der Waals surface area contributed by atoms with Gasteiger partial charge in [-0.15, -0.1) is 0 Å². The normalized spacial score (nSPS) is 10.2. The lowest BCUT2D eigenvalue weighted by atomic mass is 10.1. The van der Waals surface area contributed by atoms with Crippen molar-refractivity contribution in [1.29, 1.82) is 0 Å². The van der Waals surface area contributed by atoms with Gasteiger partial charge in [-0.05, 0) is 80.2 Å². The molecule has 0 aliphatic carbocycles. The molecule has 0 bridgehead atoms. The highest BCUT2D eigenvalue weighted by atomic mass is 35.5.